The van der Waals surface area contributed by atoms with E-state index in [1.165, 1.54) is 0 Å². The van der Waals surface area contributed by atoms with Crippen molar-refractivity contribution in [1.82, 2.24) is 5.01 Å². The number of fused-ring (bicyclic) bond motifs is 1. The van der Waals surface area contributed by atoms with Crippen LogP contribution >= 0.6 is 11.6 Å². The second-order valence-corrected chi connectivity index (χ2v) is 4.88. The Morgan fingerprint density at radius 2 is 2.15 bits per heavy atom. The Morgan fingerprint density at radius 3 is 2.85 bits per heavy atom. The summed E-state index contributed by atoms with van der Waals surface area (Å²) < 4.78 is 10.5. The van der Waals surface area contributed by atoms with Crippen LogP contribution in [0.25, 0.3) is 0 Å². The number of morpholine rings is 1. The number of hydrogen-bond donors (Lipinski definition) is 1. The van der Waals surface area contributed by atoms with Gasteiger partial charge in [0, 0.05) is 0 Å². The smallest absolute Gasteiger partial charge is 0.276 e. The number of hydrazone groups is 1. The molecular formula is C13H14ClN3O3. The zero-order chi connectivity index (χ0) is 14.1. The van der Waals surface area contributed by atoms with Crippen molar-refractivity contribution in [2.24, 2.45) is 5.10 Å². The van der Waals surface area contributed by atoms with E-state index in [2.05, 4.69) is 10.4 Å². The summed E-state index contributed by atoms with van der Waals surface area (Å²) in [6.45, 7) is 2.54. The highest BCUT2D eigenvalue weighted by Gasteiger charge is 2.32. The lowest BCUT2D eigenvalue weighted by Gasteiger charge is -2.24. The van der Waals surface area contributed by atoms with Crippen molar-refractivity contribution in [3.8, 4) is 5.75 Å². The fraction of sp³-hybridized carbons (Fsp3) is 0.385. The number of nitrogens with one attached hydrogen (secondary N) is 1. The van der Waals surface area contributed by atoms with E-state index in [1.807, 2.05) is 5.01 Å². The monoisotopic (exact) mass is 295 g/mol. The van der Waals surface area contributed by atoms with E-state index in [1.54, 1.807) is 19.2 Å². The minimum Gasteiger partial charge on any atom is -0.495 e. The second kappa shape index (κ2) is 5.30. The molecule has 0 spiro atoms. The van der Waals surface area contributed by atoms with E-state index in [0.717, 1.165) is 0 Å². The maximum absolute atomic E-state index is 12.1. The van der Waals surface area contributed by atoms with E-state index in [0.29, 0.717) is 54.0 Å². The molecule has 0 bridgehead atoms. The molecule has 2 aliphatic rings. The summed E-state index contributed by atoms with van der Waals surface area (Å²) in [4.78, 5) is 12.1. The number of hydrogen-bond acceptors (Lipinski definition) is 5. The van der Waals surface area contributed by atoms with E-state index in [-0.39, 0.29) is 5.91 Å². The molecule has 1 fully saturated rings. The third-order valence-electron chi connectivity index (χ3n) is 3.26. The SMILES string of the molecule is COc1ccc(Cl)c2c1NC(=O)/C2=N\N1CCOCC1. The first kappa shape index (κ1) is 13.2. The van der Waals surface area contributed by atoms with Crippen molar-refractivity contribution >= 4 is 28.9 Å². The predicted octanol–water partition coefficient (Wildman–Crippen LogP) is 1.34. The van der Waals surface area contributed by atoms with Crippen LogP contribution < -0.4 is 10.1 Å². The molecule has 0 atom stereocenters. The van der Waals surface area contributed by atoms with Gasteiger partial charge in [0.25, 0.3) is 5.91 Å². The molecule has 20 heavy (non-hydrogen) atoms. The highest BCUT2D eigenvalue weighted by molar-refractivity contribution is 6.56. The Hall–Kier alpha value is -1.79. The van der Waals surface area contributed by atoms with Crippen LogP contribution in [-0.2, 0) is 9.53 Å². The number of anilines is 1. The van der Waals surface area contributed by atoms with Gasteiger partial charge in [-0.1, -0.05) is 11.6 Å². The zero-order valence-corrected chi connectivity index (χ0v) is 11.7. The predicted molar refractivity (Wildman–Crippen MR) is 75.6 cm³/mol. The topological polar surface area (TPSA) is 63.2 Å². The fourth-order valence-corrected chi connectivity index (χ4v) is 2.51. The second-order valence-electron chi connectivity index (χ2n) is 4.47. The number of carbonyl (C=O) groups excluding carboxylic acids is 1. The highest BCUT2D eigenvalue weighted by atomic mass is 35.5. The van der Waals surface area contributed by atoms with Gasteiger partial charge in [0.05, 0.1) is 49.7 Å². The molecular weight excluding hydrogens is 282 g/mol. The van der Waals surface area contributed by atoms with Gasteiger partial charge >= 0.3 is 0 Å². The van der Waals surface area contributed by atoms with Gasteiger partial charge in [-0.25, -0.2) is 0 Å². The van der Waals surface area contributed by atoms with Crippen molar-refractivity contribution in [1.29, 1.82) is 0 Å². The minimum absolute atomic E-state index is 0.266. The van der Waals surface area contributed by atoms with Gasteiger partial charge in [-0.2, -0.15) is 5.10 Å². The van der Waals surface area contributed by atoms with Crippen LogP contribution in [0.2, 0.25) is 5.02 Å². The lowest BCUT2D eigenvalue weighted by molar-refractivity contribution is -0.110. The molecule has 0 saturated carbocycles. The first-order valence-corrected chi connectivity index (χ1v) is 6.68. The number of carbonyl (C=O) groups is 1. The molecule has 7 heteroatoms. The molecule has 1 amide bonds. The molecule has 106 valence electrons. The Labute approximate surface area is 121 Å². The number of amides is 1. The van der Waals surface area contributed by atoms with Crippen molar-refractivity contribution in [3.05, 3.63) is 22.7 Å². The summed E-state index contributed by atoms with van der Waals surface area (Å²) in [6, 6.07) is 3.42. The number of nitrogens with zero attached hydrogens (tertiary/aromatic N) is 2. The minimum atomic E-state index is -0.266. The summed E-state index contributed by atoms with van der Waals surface area (Å²) in [5.41, 5.74) is 1.50. The Kier molecular flexibility index (Phi) is 3.50. The van der Waals surface area contributed by atoms with Crippen LogP contribution in [0.4, 0.5) is 5.69 Å². The molecule has 0 radical (unpaired) electrons. The van der Waals surface area contributed by atoms with Crippen LogP contribution in [0.15, 0.2) is 17.2 Å². The maximum atomic E-state index is 12.1. The van der Waals surface area contributed by atoms with Gasteiger partial charge in [0.2, 0.25) is 0 Å². The molecule has 6 nitrogen and oxygen atoms in total. The standard InChI is InChI=1S/C13H14ClN3O3/c1-19-9-3-2-8(14)10-11(9)15-13(18)12(10)16-17-4-6-20-7-5-17/h2-3H,4-7H2,1H3,(H,15,16,18). The van der Waals surface area contributed by atoms with E-state index >= 15 is 0 Å². The third kappa shape index (κ3) is 2.21. The normalized spacial score (nSPS) is 20.0. The molecule has 1 saturated heterocycles. The molecule has 1 aromatic carbocycles. The molecule has 0 aromatic heterocycles. The van der Waals surface area contributed by atoms with Crippen molar-refractivity contribution in [2.45, 2.75) is 0 Å². The molecule has 2 heterocycles. The van der Waals surface area contributed by atoms with Crippen LogP contribution in [0.3, 0.4) is 0 Å². The van der Waals surface area contributed by atoms with Gasteiger partial charge in [0.1, 0.15) is 5.75 Å². The molecule has 1 N–H and O–H groups in total. The zero-order valence-electron chi connectivity index (χ0n) is 11.0. The molecule has 2 aliphatic heterocycles. The average molecular weight is 296 g/mol. The Morgan fingerprint density at radius 1 is 1.40 bits per heavy atom. The van der Waals surface area contributed by atoms with Gasteiger partial charge in [-0.05, 0) is 12.1 Å². The Bertz CT molecular complexity index is 582. The Balaban J connectivity index is 2.02. The number of benzene rings is 1. The van der Waals surface area contributed by atoms with Crippen molar-refractivity contribution < 1.29 is 14.3 Å². The summed E-state index contributed by atoms with van der Waals surface area (Å²) in [5.74, 6) is 0.308. The summed E-state index contributed by atoms with van der Waals surface area (Å²) >= 11 is 6.20. The van der Waals surface area contributed by atoms with Gasteiger partial charge in [0.15, 0.2) is 5.71 Å². The quantitative estimate of drug-likeness (QED) is 0.894. The summed E-state index contributed by atoms with van der Waals surface area (Å²) in [6.07, 6.45) is 0. The van der Waals surface area contributed by atoms with Gasteiger partial charge in [-0.15, -0.1) is 0 Å². The summed E-state index contributed by atoms with van der Waals surface area (Å²) in [7, 11) is 1.55. The van der Waals surface area contributed by atoms with Gasteiger partial charge < -0.3 is 14.8 Å². The van der Waals surface area contributed by atoms with E-state index < -0.39 is 0 Å². The molecule has 1 aromatic rings. The first-order chi connectivity index (χ1) is 9.70. The number of ether oxygens (including phenoxy) is 2. The molecule has 3 rings (SSSR count). The molecule has 0 aliphatic carbocycles. The summed E-state index contributed by atoms with van der Waals surface area (Å²) in [5, 5.41) is 9.47. The first-order valence-electron chi connectivity index (χ1n) is 6.30. The number of methoxy groups -OCH3 is 1. The largest absolute Gasteiger partial charge is 0.495 e. The number of halogens is 1. The van der Waals surface area contributed by atoms with E-state index in [9.17, 15) is 4.79 Å². The number of rotatable bonds is 2. The van der Waals surface area contributed by atoms with Crippen LogP contribution in [-0.4, -0.2) is 50.0 Å². The maximum Gasteiger partial charge on any atom is 0.276 e. The van der Waals surface area contributed by atoms with Gasteiger partial charge in [-0.3, -0.25) is 9.80 Å². The molecule has 0 unspecified atom stereocenters. The van der Waals surface area contributed by atoms with E-state index in [4.69, 9.17) is 21.1 Å². The van der Waals surface area contributed by atoms with Crippen LogP contribution in [0.1, 0.15) is 5.56 Å². The lowest BCUT2D eigenvalue weighted by Crippen LogP contribution is -2.34. The highest BCUT2D eigenvalue weighted by Crippen LogP contribution is 2.38. The van der Waals surface area contributed by atoms with Crippen LogP contribution in [0.5, 0.6) is 5.75 Å². The average Bonchev–Trinajstić information content (AvgIpc) is 2.78. The lowest BCUT2D eigenvalue weighted by atomic mass is 10.1. The third-order valence-corrected chi connectivity index (χ3v) is 3.57. The van der Waals surface area contributed by atoms with Crippen molar-refractivity contribution in [3.63, 3.8) is 0 Å². The van der Waals surface area contributed by atoms with Crippen LogP contribution in [0, 0.1) is 0 Å². The van der Waals surface area contributed by atoms with Crippen molar-refractivity contribution in [2.75, 3.05) is 38.7 Å². The fourth-order valence-electron chi connectivity index (χ4n) is 2.26.